The summed E-state index contributed by atoms with van der Waals surface area (Å²) in [6, 6.07) is -0.0845. The first-order chi connectivity index (χ1) is 13.7. The van der Waals surface area contributed by atoms with Crippen LogP contribution in [0.15, 0.2) is 0 Å². The van der Waals surface area contributed by atoms with E-state index in [1.807, 2.05) is 6.92 Å². The zero-order valence-corrected chi connectivity index (χ0v) is 21.2. The number of nitrogens with zero attached hydrogens (tertiary/aromatic N) is 1. The van der Waals surface area contributed by atoms with Crippen molar-refractivity contribution in [2.75, 3.05) is 32.5 Å². The Morgan fingerprint density at radius 2 is 1.59 bits per heavy atom. The molecule has 0 amide bonds. The molecule has 0 aliphatic carbocycles. The van der Waals surface area contributed by atoms with Gasteiger partial charge < -0.3 is 13.8 Å². The maximum Gasteiger partial charge on any atom is 0.364 e. The van der Waals surface area contributed by atoms with Crippen LogP contribution in [0.1, 0.15) is 78.1 Å². The van der Waals surface area contributed by atoms with Crippen molar-refractivity contribution in [3.05, 3.63) is 0 Å². The molecule has 0 radical (unpaired) electrons. The van der Waals surface area contributed by atoms with E-state index in [2.05, 4.69) is 39.4 Å². The number of hydrogen-bond acceptors (Lipinski definition) is 5. The van der Waals surface area contributed by atoms with E-state index in [1.165, 1.54) is 57.8 Å². The second-order valence-corrected chi connectivity index (χ2v) is 9.77. The summed E-state index contributed by atoms with van der Waals surface area (Å²) < 4.78 is 36.5. The van der Waals surface area contributed by atoms with E-state index in [-0.39, 0.29) is 12.0 Å². The third-order valence-electron chi connectivity index (χ3n) is 5.32. The molecule has 0 spiro atoms. The number of unbranched alkanes of at least 4 members (excludes halogenated alkanes) is 7. The van der Waals surface area contributed by atoms with Crippen LogP contribution in [0.25, 0.3) is 0 Å². The summed E-state index contributed by atoms with van der Waals surface area (Å²) in [4.78, 5) is 12.4. The molecule has 1 heterocycles. The lowest BCUT2D eigenvalue weighted by atomic mass is 10.1. The minimum atomic E-state index is -3.92. The van der Waals surface area contributed by atoms with Crippen LogP contribution < -0.4 is 0 Å². The zero-order valence-electron chi connectivity index (χ0n) is 18.3. The molecule has 0 aromatic carbocycles. The Morgan fingerprint density at radius 1 is 1.10 bits per heavy atom. The molecule has 170 valence electrons. The van der Waals surface area contributed by atoms with Crippen LogP contribution in [-0.2, 0) is 19.6 Å². The quantitative estimate of drug-likeness (QED) is 0.0919. The number of ether oxygens (including phenoxy) is 1. The molecule has 0 aromatic heterocycles. The van der Waals surface area contributed by atoms with Crippen molar-refractivity contribution in [2.45, 2.75) is 84.1 Å². The number of carbonyl (C=O) groups is 1. The Hall–Kier alpha value is -0.370. The van der Waals surface area contributed by atoms with Crippen LogP contribution in [0.3, 0.4) is 0 Å². The second kappa shape index (κ2) is 16.3. The molecule has 1 fully saturated rings. The first-order valence-electron chi connectivity index (χ1n) is 10.7. The first-order valence-corrected chi connectivity index (χ1v) is 13.6. The summed E-state index contributed by atoms with van der Waals surface area (Å²) in [5.74, 6) is 3.14. The molecule has 0 N–H and O–H groups in total. The Morgan fingerprint density at radius 3 is 2.07 bits per heavy atom. The van der Waals surface area contributed by atoms with Crippen LogP contribution in [0.4, 0.5) is 0 Å². The molecule has 0 aromatic rings. The monoisotopic (exact) mass is 543 g/mol. The highest BCUT2D eigenvalue weighted by Gasteiger charge is 2.41. The van der Waals surface area contributed by atoms with Gasteiger partial charge in [-0.1, -0.05) is 51.9 Å². The van der Waals surface area contributed by atoms with E-state index in [1.54, 1.807) is 0 Å². The summed E-state index contributed by atoms with van der Waals surface area (Å²) in [7, 11) is -3.92. The molecular weight excluding hydrogens is 505 g/mol. The van der Waals surface area contributed by atoms with Crippen molar-refractivity contribution in [2.24, 2.45) is 0 Å². The van der Waals surface area contributed by atoms with Crippen molar-refractivity contribution < 1.29 is 27.0 Å². The predicted molar refractivity (Wildman–Crippen MR) is 125 cm³/mol. The maximum atomic E-state index is 12.4. The van der Waals surface area contributed by atoms with Crippen LogP contribution in [0, 0.1) is 9.85 Å². The van der Waals surface area contributed by atoms with Crippen molar-refractivity contribution >= 4 is 38.7 Å². The number of likely N-dealkylation sites (tertiary alicyclic amines) is 1. The minimum Gasteiger partial charge on any atom is -0.748 e. The van der Waals surface area contributed by atoms with Crippen LogP contribution in [-0.4, -0.2) is 62.0 Å². The average molecular weight is 544 g/mol. The van der Waals surface area contributed by atoms with Crippen molar-refractivity contribution in [3.63, 3.8) is 0 Å². The fourth-order valence-electron chi connectivity index (χ4n) is 3.59. The van der Waals surface area contributed by atoms with Crippen molar-refractivity contribution in [3.8, 4) is 9.85 Å². The van der Waals surface area contributed by atoms with Gasteiger partial charge in [-0.3, -0.25) is 0 Å². The highest BCUT2D eigenvalue weighted by atomic mass is 127. The SMILES string of the molecule is CCCCCCCCCCOC(=O)C(C)[N+]1(CC#CI)CCCC1.CS(=O)(=O)[O-]. The van der Waals surface area contributed by atoms with E-state index in [0.29, 0.717) is 12.9 Å². The van der Waals surface area contributed by atoms with Gasteiger partial charge in [0, 0.05) is 41.7 Å². The maximum absolute atomic E-state index is 12.4. The van der Waals surface area contributed by atoms with E-state index in [4.69, 9.17) is 17.7 Å². The first kappa shape index (κ1) is 28.6. The molecule has 1 saturated heterocycles. The number of halogens is 1. The second-order valence-electron chi connectivity index (χ2n) is 7.82. The lowest BCUT2D eigenvalue weighted by molar-refractivity contribution is -0.924. The summed E-state index contributed by atoms with van der Waals surface area (Å²) in [6.07, 6.45) is 13.1. The highest BCUT2D eigenvalue weighted by molar-refractivity contribution is 14.1. The van der Waals surface area contributed by atoms with E-state index >= 15 is 0 Å². The summed E-state index contributed by atoms with van der Waals surface area (Å²) in [5.41, 5.74) is 0. The third kappa shape index (κ3) is 15.1. The van der Waals surface area contributed by atoms with Gasteiger partial charge in [-0.15, -0.1) is 0 Å². The van der Waals surface area contributed by atoms with Gasteiger partial charge in [0.25, 0.3) is 0 Å². The van der Waals surface area contributed by atoms with Crippen LogP contribution >= 0.6 is 22.6 Å². The molecule has 1 aliphatic heterocycles. The number of hydrogen-bond donors (Lipinski definition) is 0. The fraction of sp³-hybridized carbons (Fsp3) is 0.857. The van der Waals surface area contributed by atoms with E-state index < -0.39 is 10.1 Å². The van der Waals surface area contributed by atoms with E-state index in [0.717, 1.165) is 30.5 Å². The number of esters is 1. The van der Waals surface area contributed by atoms with Gasteiger partial charge in [-0.25, -0.2) is 13.2 Å². The van der Waals surface area contributed by atoms with Gasteiger partial charge in [0.2, 0.25) is 0 Å². The standard InChI is InChI=1S/C20H35INO2.CH4O3S/c1-3-4-5-6-7-8-9-12-18-24-20(23)19(2)22(17-13-14-21)15-10-11-16-22;1-5(2,3)4/h19H,3-12,15-18H2,1-2H3;1H3,(H,2,3,4)/q+1;/p-1. The number of rotatable bonds is 12. The summed E-state index contributed by atoms with van der Waals surface area (Å²) in [5, 5.41) is 0. The van der Waals surface area contributed by atoms with Gasteiger partial charge in [-0.2, -0.15) is 0 Å². The Balaban J connectivity index is 0.00000139. The number of quaternary nitrogens is 1. The molecular formula is C21H38INO5S. The predicted octanol–water partition coefficient (Wildman–Crippen LogP) is 4.23. The molecule has 0 bridgehead atoms. The molecule has 1 unspecified atom stereocenters. The molecule has 0 saturated carbocycles. The van der Waals surface area contributed by atoms with Gasteiger partial charge in [-0.05, 0) is 23.2 Å². The summed E-state index contributed by atoms with van der Waals surface area (Å²) in [6.45, 7) is 7.74. The van der Waals surface area contributed by atoms with Gasteiger partial charge in [0.05, 0.1) is 29.8 Å². The lowest BCUT2D eigenvalue weighted by Gasteiger charge is -2.36. The zero-order chi connectivity index (χ0) is 22.2. The lowest BCUT2D eigenvalue weighted by Crippen LogP contribution is -2.56. The largest absolute Gasteiger partial charge is 0.748 e. The smallest absolute Gasteiger partial charge is 0.364 e. The van der Waals surface area contributed by atoms with Crippen LogP contribution in [0.2, 0.25) is 0 Å². The molecule has 8 heteroatoms. The third-order valence-corrected chi connectivity index (χ3v) is 5.70. The van der Waals surface area contributed by atoms with Gasteiger partial charge in [0.1, 0.15) is 6.54 Å². The summed E-state index contributed by atoms with van der Waals surface area (Å²) >= 11 is 2.08. The molecule has 1 rings (SSSR count). The normalized spacial score (nSPS) is 16.2. The van der Waals surface area contributed by atoms with Gasteiger partial charge >= 0.3 is 5.97 Å². The molecule has 29 heavy (non-hydrogen) atoms. The highest BCUT2D eigenvalue weighted by Crippen LogP contribution is 2.24. The van der Waals surface area contributed by atoms with Crippen molar-refractivity contribution in [1.29, 1.82) is 0 Å². The Bertz CT molecular complexity index is 598. The molecule has 6 nitrogen and oxygen atoms in total. The minimum absolute atomic E-state index is 0.0323. The topological polar surface area (TPSA) is 83.5 Å². The average Bonchev–Trinajstić information content (AvgIpc) is 3.13. The fourth-order valence-corrected chi connectivity index (χ4v) is 3.76. The molecule has 1 atom stereocenters. The van der Waals surface area contributed by atoms with E-state index in [9.17, 15) is 4.79 Å². The van der Waals surface area contributed by atoms with Gasteiger partial charge in [0.15, 0.2) is 6.04 Å². The molecule has 1 aliphatic rings. The van der Waals surface area contributed by atoms with Crippen molar-refractivity contribution in [1.82, 2.24) is 0 Å². The number of carbonyl (C=O) groups excluding carboxylic acids is 1. The van der Waals surface area contributed by atoms with Crippen LogP contribution in [0.5, 0.6) is 0 Å². The Labute approximate surface area is 191 Å². The Kier molecular flexibility index (Phi) is 16.1.